The lowest BCUT2D eigenvalue weighted by Crippen LogP contribution is -2.05. The third-order valence-corrected chi connectivity index (χ3v) is 2.43. The van der Waals surface area contributed by atoms with Crippen LogP contribution < -0.4 is 0 Å². The van der Waals surface area contributed by atoms with Crippen molar-refractivity contribution in [1.82, 2.24) is 4.98 Å². The molecule has 4 nitrogen and oxygen atoms in total. The zero-order valence-electron chi connectivity index (χ0n) is 9.74. The minimum atomic E-state index is -0.359. The van der Waals surface area contributed by atoms with E-state index in [0.717, 1.165) is 5.56 Å². The van der Waals surface area contributed by atoms with Crippen LogP contribution in [0.25, 0.3) is 0 Å². The highest BCUT2D eigenvalue weighted by atomic mass is 16.5. The molecule has 1 N–H and O–H groups in total. The molecular weight excluding hydrogens is 230 g/mol. The average molecular weight is 243 g/mol. The molecule has 1 aromatic carbocycles. The van der Waals surface area contributed by atoms with Gasteiger partial charge in [0, 0.05) is 11.8 Å². The van der Waals surface area contributed by atoms with Crippen molar-refractivity contribution in [2.75, 3.05) is 0 Å². The molecule has 1 heterocycles. The van der Waals surface area contributed by atoms with Crippen molar-refractivity contribution in [2.45, 2.75) is 13.2 Å². The molecule has 0 saturated heterocycles. The van der Waals surface area contributed by atoms with Gasteiger partial charge in [-0.15, -0.1) is 0 Å². The summed E-state index contributed by atoms with van der Waals surface area (Å²) >= 11 is 0. The second kappa shape index (κ2) is 5.93. The van der Waals surface area contributed by atoms with Gasteiger partial charge in [-0.2, -0.15) is 0 Å². The highest BCUT2D eigenvalue weighted by Gasteiger charge is 2.06. The number of aromatic nitrogens is 1. The Balaban J connectivity index is 1.93. The molecule has 4 heteroatoms. The van der Waals surface area contributed by atoms with Crippen LogP contribution in [0.3, 0.4) is 0 Å². The molecule has 0 bridgehead atoms. The first-order chi connectivity index (χ1) is 8.79. The second-order valence-electron chi connectivity index (χ2n) is 3.76. The summed E-state index contributed by atoms with van der Waals surface area (Å²) < 4.78 is 5.15. The lowest BCUT2D eigenvalue weighted by atomic mass is 10.2. The quantitative estimate of drug-likeness (QED) is 0.833. The van der Waals surface area contributed by atoms with Crippen LogP contribution in [0.2, 0.25) is 0 Å². The minimum Gasteiger partial charge on any atom is -0.457 e. The molecule has 0 radical (unpaired) electrons. The number of pyridine rings is 1. The summed E-state index contributed by atoms with van der Waals surface area (Å²) in [5, 5.41) is 8.85. The molecule has 0 fully saturated rings. The van der Waals surface area contributed by atoms with E-state index in [1.54, 1.807) is 42.6 Å². The van der Waals surface area contributed by atoms with E-state index in [4.69, 9.17) is 9.84 Å². The molecule has 0 aliphatic carbocycles. The predicted octanol–water partition coefficient (Wildman–Crippen LogP) is 1.93. The van der Waals surface area contributed by atoms with Crippen LogP contribution in [-0.4, -0.2) is 16.1 Å². The molecule has 2 aromatic rings. The van der Waals surface area contributed by atoms with E-state index in [9.17, 15) is 4.79 Å². The van der Waals surface area contributed by atoms with Crippen molar-refractivity contribution < 1.29 is 14.6 Å². The number of ether oxygens (including phenoxy) is 1. The average Bonchev–Trinajstić information content (AvgIpc) is 2.46. The van der Waals surface area contributed by atoms with Gasteiger partial charge in [-0.1, -0.05) is 24.3 Å². The van der Waals surface area contributed by atoms with Gasteiger partial charge in [0.15, 0.2) is 0 Å². The maximum atomic E-state index is 11.7. The molecule has 18 heavy (non-hydrogen) atoms. The zero-order chi connectivity index (χ0) is 12.8. The van der Waals surface area contributed by atoms with Crippen LogP contribution in [0.1, 0.15) is 21.6 Å². The third kappa shape index (κ3) is 3.15. The van der Waals surface area contributed by atoms with E-state index < -0.39 is 0 Å². The van der Waals surface area contributed by atoms with Crippen molar-refractivity contribution in [3.05, 3.63) is 65.5 Å². The molecule has 0 saturated carbocycles. The van der Waals surface area contributed by atoms with E-state index in [1.807, 2.05) is 6.07 Å². The number of aliphatic hydroxyl groups is 1. The van der Waals surface area contributed by atoms with Crippen molar-refractivity contribution in [2.24, 2.45) is 0 Å². The molecule has 0 aliphatic heterocycles. The fraction of sp³-hybridized carbons (Fsp3) is 0.143. The Morgan fingerprint density at radius 2 is 1.94 bits per heavy atom. The van der Waals surface area contributed by atoms with Crippen molar-refractivity contribution in [3.63, 3.8) is 0 Å². The first kappa shape index (κ1) is 12.3. The summed E-state index contributed by atoms with van der Waals surface area (Å²) in [6, 6.07) is 12.3. The largest absolute Gasteiger partial charge is 0.457 e. The van der Waals surface area contributed by atoms with E-state index in [2.05, 4.69) is 4.98 Å². The number of benzene rings is 1. The summed E-state index contributed by atoms with van der Waals surface area (Å²) in [6.07, 6.45) is 1.59. The van der Waals surface area contributed by atoms with E-state index >= 15 is 0 Å². The zero-order valence-corrected chi connectivity index (χ0v) is 9.74. The number of carbonyl (C=O) groups excluding carboxylic acids is 1. The first-order valence-corrected chi connectivity index (χ1v) is 5.56. The molecule has 0 spiro atoms. The Morgan fingerprint density at radius 1 is 1.17 bits per heavy atom. The molecule has 0 unspecified atom stereocenters. The minimum absolute atomic E-state index is 0.0932. The number of rotatable bonds is 4. The highest BCUT2D eigenvalue weighted by molar-refractivity contribution is 5.89. The van der Waals surface area contributed by atoms with Crippen LogP contribution in [0.5, 0.6) is 0 Å². The Bertz CT molecular complexity index is 508. The van der Waals surface area contributed by atoms with Gasteiger partial charge in [-0.3, -0.25) is 4.98 Å². The summed E-state index contributed by atoms with van der Waals surface area (Å²) in [5.74, 6) is -0.359. The van der Waals surface area contributed by atoms with Gasteiger partial charge >= 0.3 is 5.97 Å². The number of hydrogen-bond acceptors (Lipinski definition) is 4. The Kier molecular flexibility index (Phi) is 4.04. The SMILES string of the molecule is O=C(OCc1ccc(CO)nc1)c1ccccc1. The number of esters is 1. The van der Waals surface area contributed by atoms with Gasteiger partial charge in [0.2, 0.25) is 0 Å². The third-order valence-electron chi connectivity index (χ3n) is 2.43. The smallest absolute Gasteiger partial charge is 0.338 e. The van der Waals surface area contributed by atoms with Crippen molar-refractivity contribution >= 4 is 5.97 Å². The summed E-state index contributed by atoms with van der Waals surface area (Å²) in [5.41, 5.74) is 1.90. The highest BCUT2D eigenvalue weighted by Crippen LogP contribution is 2.06. The maximum absolute atomic E-state index is 11.7. The lowest BCUT2D eigenvalue weighted by Gasteiger charge is -2.05. The van der Waals surface area contributed by atoms with Crippen LogP contribution in [-0.2, 0) is 18.0 Å². The summed E-state index contributed by atoms with van der Waals surface area (Å²) in [6.45, 7) is 0.0799. The molecule has 0 atom stereocenters. The van der Waals surface area contributed by atoms with Crippen molar-refractivity contribution in [1.29, 1.82) is 0 Å². The molecule has 92 valence electrons. The molecule has 0 aliphatic rings. The van der Waals surface area contributed by atoms with E-state index in [-0.39, 0.29) is 19.2 Å². The molecule has 1 aromatic heterocycles. The van der Waals surface area contributed by atoms with Crippen molar-refractivity contribution in [3.8, 4) is 0 Å². The number of carbonyl (C=O) groups is 1. The normalized spacial score (nSPS) is 10.1. The topological polar surface area (TPSA) is 59.4 Å². The van der Waals surface area contributed by atoms with Gasteiger partial charge in [0.25, 0.3) is 0 Å². The number of nitrogens with zero attached hydrogens (tertiary/aromatic N) is 1. The van der Waals surface area contributed by atoms with Crippen LogP contribution in [0.15, 0.2) is 48.7 Å². The lowest BCUT2D eigenvalue weighted by molar-refractivity contribution is 0.0472. The van der Waals surface area contributed by atoms with Crippen LogP contribution in [0, 0.1) is 0 Å². The Morgan fingerprint density at radius 3 is 2.56 bits per heavy atom. The fourth-order valence-electron chi connectivity index (χ4n) is 1.44. The van der Waals surface area contributed by atoms with Gasteiger partial charge in [0.1, 0.15) is 6.61 Å². The Hall–Kier alpha value is -2.20. The number of hydrogen-bond donors (Lipinski definition) is 1. The van der Waals surface area contributed by atoms with E-state index in [0.29, 0.717) is 11.3 Å². The molecular formula is C14H13NO3. The van der Waals surface area contributed by atoms with Gasteiger partial charge < -0.3 is 9.84 Å². The number of aliphatic hydroxyl groups excluding tert-OH is 1. The fourth-order valence-corrected chi connectivity index (χ4v) is 1.44. The summed E-state index contributed by atoms with van der Waals surface area (Å²) in [7, 11) is 0. The van der Waals surface area contributed by atoms with E-state index in [1.165, 1.54) is 0 Å². The monoisotopic (exact) mass is 243 g/mol. The second-order valence-corrected chi connectivity index (χ2v) is 3.76. The predicted molar refractivity (Wildman–Crippen MR) is 65.7 cm³/mol. The van der Waals surface area contributed by atoms with Gasteiger partial charge in [-0.05, 0) is 18.2 Å². The van der Waals surface area contributed by atoms with Gasteiger partial charge in [0.05, 0.1) is 17.9 Å². The standard InChI is InChI=1S/C14H13NO3/c16-9-13-7-6-11(8-15-13)10-18-14(17)12-4-2-1-3-5-12/h1-8,16H,9-10H2. The maximum Gasteiger partial charge on any atom is 0.338 e. The van der Waals surface area contributed by atoms with Crippen LogP contribution in [0.4, 0.5) is 0 Å². The van der Waals surface area contributed by atoms with Gasteiger partial charge in [-0.25, -0.2) is 4.79 Å². The Labute approximate surface area is 105 Å². The molecule has 0 amide bonds. The van der Waals surface area contributed by atoms with Crippen LogP contribution >= 0.6 is 0 Å². The molecule has 2 rings (SSSR count). The summed E-state index contributed by atoms with van der Waals surface area (Å²) in [4.78, 5) is 15.7. The first-order valence-electron chi connectivity index (χ1n) is 5.56.